The number of carboxylic acid groups (broad SMARTS) is 1. The van der Waals surface area contributed by atoms with Crippen molar-refractivity contribution in [1.29, 1.82) is 0 Å². The number of nitrogen functional groups attached to an aromatic ring is 1. The fraction of sp³-hybridized carbons (Fsp3) is 0.273. The standard InChI is InChI=1S/C33H33N5O5/c1-3-42-33(41)37-15-13-22(18-37)38-29-11-10-21(23-7-5-8-25-24(23)12-14-35-32(25)34)16-27(29)28(36-38)19-43-30-9-4-6-20(2)26(30)17-31(39)40/h4-12,14,16,22H,3,13,15,17-19H2,1-2H3,(H2,34,35)(H,39,40). The van der Waals surface area contributed by atoms with Gasteiger partial charge >= 0.3 is 12.1 Å². The minimum absolute atomic E-state index is 0.0310. The van der Waals surface area contributed by atoms with Gasteiger partial charge in [0.25, 0.3) is 0 Å². The van der Waals surface area contributed by atoms with Crippen molar-refractivity contribution in [2.24, 2.45) is 0 Å². The van der Waals surface area contributed by atoms with Crippen LogP contribution in [0, 0.1) is 6.92 Å². The lowest BCUT2D eigenvalue weighted by molar-refractivity contribution is -0.136. The number of aryl methyl sites for hydroxylation is 1. The lowest BCUT2D eigenvalue weighted by atomic mass is 9.97. The Balaban J connectivity index is 1.41. The number of nitrogens with zero attached hydrogens (tertiary/aromatic N) is 4. The molecule has 0 aliphatic carbocycles. The summed E-state index contributed by atoms with van der Waals surface area (Å²) in [6.07, 6.45) is 2.01. The molecule has 3 N–H and O–H groups in total. The Morgan fingerprint density at radius 2 is 1.91 bits per heavy atom. The minimum atomic E-state index is -0.920. The number of carbonyl (C=O) groups is 2. The molecule has 1 saturated heterocycles. The maximum atomic E-state index is 12.4. The Morgan fingerprint density at radius 3 is 2.72 bits per heavy atom. The predicted octanol–water partition coefficient (Wildman–Crippen LogP) is 5.75. The van der Waals surface area contributed by atoms with E-state index < -0.39 is 5.97 Å². The third-order valence-corrected chi connectivity index (χ3v) is 8.03. The van der Waals surface area contributed by atoms with Gasteiger partial charge in [0, 0.05) is 35.6 Å². The van der Waals surface area contributed by atoms with Crippen LogP contribution in [0.2, 0.25) is 0 Å². The molecule has 10 nitrogen and oxygen atoms in total. The van der Waals surface area contributed by atoms with E-state index in [0.717, 1.165) is 50.5 Å². The topological polar surface area (TPSA) is 133 Å². The van der Waals surface area contributed by atoms with Crippen LogP contribution in [0.15, 0.2) is 66.9 Å². The second kappa shape index (κ2) is 11.6. The number of carboxylic acids is 1. The molecular weight excluding hydrogens is 546 g/mol. The Bertz CT molecular complexity index is 1850. The Hall–Kier alpha value is -5.12. The maximum Gasteiger partial charge on any atom is 0.409 e. The number of aromatic nitrogens is 3. The molecule has 1 atom stereocenters. The van der Waals surface area contributed by atoms with Crippen LogP contribution in [0.4, 0.5) is 10.6 Å². The van der Waals surface area contributed by atoms with E-state index in [1.807, 2.05) is 41.9 Å². The van der Waals surface area contributed by atoms with Crippen LogP contribution in [-0.2, 0) is 22.6 Å². The number of fused-ring (bicyclic) bond motifs is 2. The van der Waals surface area contributed by atoms with Gasteiger partial charge in [-0.2, -0.15) is 5.10 Å². The van der Waals surface area contributed by atoms with Crippen LogP contribution in [0.5, 0.6) is 5.75 Å². The van der Waals surface area contributed by atoms with Crippen molar-refractivity contribution in [3.05, 3.63) is 83.7 Å². The van der Waals surface area contributed by atoms with Gasteiger partial charge in [-0.05, 0) is 66.6 Å². The Morgan fingerprint density at radius 1 is 1.07 bits per heavy atom. The number of benzene rings is 3. The molecule has 3 heterocycles. The highest BCUT2D eigenvalue weighted by Gasteiger charge is 2.30. The maximum absolute atomic E-state index is 12.4. The highest BCUT2D eigenvalue weighted by Crippen LogP contribution is 2.35. The molecule has 1 amide bonds. The zero-order valence-electron chi connectivity index (χ0n) is 24.1. The third-order valence-electron chi connectivity index (χ3n) is 8.03. The molecule has 0 bridgehead atoms. The first-order chi connectivity index (χ1) is 20.8. The molecule has 0 radical (unpaired) electrons. The van der Waals surface area contributed by atoms with Gasteiger partial charge in [0.2, 0.25) is 0 Å². The molecule has 0 spiro atoms. The molecule has 5 aromatic rings. The molecule has 3 aromatic carbocycles. The van der Waals surface area contributed by atoms with E-state index >= 15 is 0 Å². The van der Waals surface area contributed by atoms with Gasteiger partial charge in [0.1, 0.15) is 23.9 Å². The molecule has 0 saturated carbocycles. The summed E-state index contributed by atoms with van der Waals surface area (Å²) in [5.74, 6) is 0.0783. The van der Waals surface area contributed by atoms with Crippen LogP contribution in [-0.4, -0.2) is 56.5 Å². The average molecular weight is 580 g/mol. The van der Waals surface area contributed by atoms with Gasteiger partial charge in [-0.15, -0.1) is 0 Å². The minimum Gasteiger partial charge on any atom is -0.487 e. The second-order valence-electron chi connectivity index (χ2n) is 10.7. The molecule has 220 valence electrons. The number of hydrogen-bond donors (Lipinski definition) is 2. The molecule has 6 rings (SSSR count). The molecule has 1 aliphatic heterocycles. The Labute approximate surface area is 248 Å². The lowest BCUT2D eigenvalue weighted by Crippen LogP contribution is -2.29. The molecule has 1 fully saturated rings. The van der Waals surface area contributed by atoms with Crippen LogP contribution < -0.4 is 10.5 Å². The number of pyridine rings is 1. The summed E-state index contributed by atoms with van der Waals surface area (Å²) in [6, 6.07) is 19.7. The van der Waals surface area contributed by atoms with Gasteiger partial charge in [0.15, 0.2) is 0 Å². The summed E-state index contributed by atoms with van der Waals surface area (Å²) in [5.41, 5.74) is 11.3. The fourth-order valence-electron chi connectivity index (χ4n) is 5.90. The largest absolute Gasteiger partial charge is 0.487 e. The molecule has 10 heteroatoms. The van der Waals surface area contributed by atoms with Gasteiger partial charge < -0.3 is 25.2 Å². The smallest absolute Gasteiger partial charge is 0.409 e. The highest BCUT2D eigenvalue weighted by molar-refractivity contribution is 6.02. The number of rotatable bonds is 8. The van der Waals surface area contributed by atoms with Crippen molar-refractivity contribution < 1.29 is 24.2 Å². The zero-order chi connectivity index (χ0) is 30.1. The lowest BCUT2D eigenvalue weighted by Gasteiger charge is -2.16. The quantitative estimate of drug-likeness (QED) is 0.237. The molecule has 2 aromatic heterocycles. The summed E-state index contributed by atoms with van der Waals surface area (Å²) in [4.78, 5) is 29.9. The van der Waals surface area contributed by atoms with E-state index in [1.54, 1.807) is 24.1 Å². The second-order valence-corrected chi connectivity index (χ2v) is 10.7. The summed E-state index contributed by atoms with van der Waals surface area (Å²) in [7, 11) is 0. The number of nitrogens with two attached hydrogens (primary N) is 1. The summed E-state index contributed by atoms with van der Waals surface area (Å²) in [6.45, 7) is 5.23. The number of carbonyl (C=O) groups excluding carboxylic acids is 1. The van der Waals surface area contributed by atoms with Gasteiger partial charge in [-0.1, -0.05) is 36.4 Å². The molecular formula is C33H33N5O5. The first-order valence-corrected chi connectivity index (χ1v) is 14.3. The predicted molar refractivity (Wildman–Crippen MR) is 164 cm³/mol. The Kier molecular flexibility index (Phi) is 7.58. The third kappa shape index (κ3) is 5.43. The van der Waals surface area contributed by atoms with Gasteiger partial charge in [-0.3, -0.25) is 9.48 Å². The first kappa shape index (κ1) is 28.0. The zero-order valence-corrected chi connectivity index (χ0v) is 24.1. The molecule has 43 heavy (non-hydrogen) atoms. The van der Waals surface area contributed by atoms with Crippen molar-refractivity contribution in [2.45, 2.75) is 39.3 Å². The van der Waals surface area contributed by atoms with E-state index in [2.05, 4.69) is 29.2 Å². The highest BCUT2D eigenvalue weighted by atomic mass is 16.6. The normalized spacial score (nSPS) is 14.8. The van der Waals surface area contributed by atoms with Crippen molar-refractivity contribution in [3.63, 3.8) is 0 Å². The summed E-state index contributed by atoms with van der Waals surface area (Å²) >= 11 is 0. The SMILES string of the molecule is CCOC(=O)N1CCC(n2nc(COc3cccc(C)c3CC(=O)O)c3cc(-c4cccc5c(N)nccc45)ccc32)C1. The monoisotopic (exact) mass is 579 g/mol. The van der Waals surface area contributed by atoms with E-state index in [4.69, 9.17) is 20.3 Å². The van der Waals surface area contributed by atoms with Crippen LogP contribution in [0.25, 0.3) is 32.8 Å². The van der Waals surface area contributed by atoms with Gasteiger partial charge in [-0.25, -0.2) is 9.78 Å². The van der Waals surface area contributed by atoms with Gasteiger partial charge in [0.05, 0.1) is 24.6 Å². The van der Waals surface area contributed by atoms with Crippen molar-refractivity contribution in [1.82, 2.24) is 19.7 Å². The number of aliphatic carboxylic acids is 1. The van der Waals surface area contributed by atoms with Crippen LogP contribution >= 0.6 is 0 Å². The molecule has 1 unspecified atom stereocenters. The number of likely N-dealkylation sites (tertiary alicyclic amines) is 1. The fourth-order valence-corrected chi connectivity index (χ4v) is 5.90. The van der Waals surface area contributed by atoms with E-state index in [0.29, 0.717) is 36.8 Å². The van der Waals surface area contributed by atoms with Crippen molar-refractivity contribution >= 4 is 39.6 Å². The van der Waals surface area contributed by atoms with Crippen LogP contribution in [0.3, 0.4) is 0 Å². The van der Waals surface area contributed by atoms with Crippen LogP contribution in [0.1, 0.15) is 36.2 Å². The number of ether oxygens (including phenoxy) is 2. The summed E-state index contributed by atoms with van der Waals surface area (Å²) < 4.78 is 13.5. The van der Waals surface area contributed by atoms with Crippen molar-refractivity contribution in [2.75, 3.05) is 25.4 Å². The van der Waals surface area contributed by atoms with Crippen molar-refractivity contribution in [3.8, 4) is 16.9 Å². The van der Waals surface area contributed by atoms with E-state index in [-0.39, 0.29) is 25.2 Å². The molecule has 1 aliphatic rings. The average Bonchev–Trinajstić information content (AvgIpc) is 3.62. The van der Waals surface area contributed by atoms with E-state index in [1.165, 1.54) is 0 Å². The number of amides is 1. The summed E-state index contributed by atoms with van der Waals surface area (Å²) in [5, 5.41) is 17.3. The first-order valence-electron chi connectivity index (χ1n) is 14.3. The number of hydrogen-bond acceptors (Lipinski definition) is 7. The van der Waals surface area contributed by atoms with E-state index in [9.17, 15) is 14.7 Å². The number of anilines is 1.